The summed E-state index contributed by atoms with van der Waals surface area (Å²) in [5, 5.41) is 8.22. The fourth-order valence-corrected chi connectivity index (χ4v) is 2.45. The first-order valence-corrected chi connectivity index (χ1v) is 8.14. The van der Waals surface area contributed by atoms with Crippen molar-refractivity contribution in [2.45, 2.75) is 13.0 Å². The predicted octanol–water partition coefficient (Wildman–Crippen LogP) is 0.279. The number of hydrogen-bond acceptors (Lipinski definition) is 3. The molecule has 0 bridgehead atoms. The maximum Gasteiger partial charge on any atom is 0.169 e. The Labute approximate surface area is 143 Å². The van der Waals surface area contributed by atoms with Gasteiger partial charge in [-0.25, -0.2) is 9.67 Å². The molecule has 0 unspecified atom stereocenters. The molecule has 2 rings (SSSR count). The third kappa shape index (κ3) is 4.74. The fraction of sp³-hybridized carbons (Fsp3) is 0.438. The molecule has 0 spiro atoms. The zero-order valence-electron chi connectivity index (χ0n) is 14.2. The highest BCUT2D eigenvalue weighted by Gasteiger charge is 2.14. The topological polar surface area (TPSA) is 50.4 Å². The van der Waals surface area contributed by atoms with E-state index in [9.17, 15) is 0 Å². The number of quaternary nitrogens is 1. The van der Waals surface area contributed by atoms with Crippen LogP contribution in [0.1, 0.15) is 18.5 Å². The van der Waals surface area contributed by atoms with Gasteiger partial charge in [0.05, 0.1) is 38.9 Å². The quantitative estimate of drug-likeness (QED) is 0.744. The fourth-order valence-electron chi connectivity index (χ4n) is 2.19. The summed E-state index contributed by atoms with van der Waals surface area (Å²) in [5.74, 6) is 0. The van der Waals surface area contributed by atoms with E-state index in [4.69, 9.17) is 12.2 Å². The van der Waals surface area contributed by atoms with Gasteiger partial charge in [-0.05, 0) is 36.8 Å². The summed E-state index contributed by atoms with van der Waals surface area (Å²) in [6.45, 7) is 4.06. The van der Waals surface area contributed by atoms with Crippen LogP contribution in [0.2, 0.25) is 0 Å². The Morgan fingerprint density at radius 1 is 1.35 bits per heavy atom. The predicted molar refractivity (Wildman–Crippen MR) is 95.8 cm³/mol. The molecule has 0 aliphatic carbocycles. The van der Waals surface area contributed by atoms with E-state index < -0.39 is 0 Å². The maximum atomic E-state index is 5.48. The van der Waals surface area contributed by atoms with Crippen LogP contribution < -0.4 is 10.2 Å². The van der Waals surface area contributed by atoms with E-state index in [0.29, 0.717) is 0 Å². The Bertz CT molecular complexity index is 608. The van der Waals surface area contributed by atoms with Crippen molar-refractivity contribution in [3.8, 4) is 5.69 Å². The summed E-state index contributed by atoms with van der Waals surface area (Å²) >= 11 is 5.48. The Balaban J connectivity index is 1.96. The second-order valence-electron chi connectivity index (χ2n) is 5.91. The molecule has 1 heterocycles. The average molecular weight is 333 g/mol. The van der Waals surface area contributed by atoms with Gasteiger partial charge in [-0.2, -0.15) is 5.10 Å². The number of aromatic nitrogens is 3. The number of nitrogens with one attached hydrogen (secondary N) is 2. The Morgan fingerprint density at radius 3 is 2.61 bits per heavy atom. The molecule has 0 amide bonds. The van der Waals surface area contributed by atoms with Crippen molar-refractivity contribution in [3.05, 3.63) is 42.5 Å². The zero-order valence-corrected chi connectivity index (χ0v) is 15.0. The van der Waals surface area contributed by atoms with Crippen molar-refractivity contribution in [2.75, 3.05) is 34.2 Å². The molecule has 124 valence electrons. The molecule has 1 aromatic heterocycles. The van der Waals surface area contributed by atoms with Crippen molar-refractivity contribution in [1.82, 2.24) is 25.0 Å². The molecule has 0 radical (unpaired) electrons. The molecule has 6 nitrogen and oxygen atoms in total. The van der Waals surface area contributed by atoms with Crippen LogP contribution in [0.25, 0.3) is 5.69 Å². The lowest BCUT2D eigenvalue weighted by Gasteiger charge is -2.28. The summed E-state index contributed by atoms with van der Waals surface area (Å²) in [5.41, 5.74) is 2.20. The van der Waals surface area contributed by atoms with Crippen molar-refractivity contribution in [3.63, 3.8) is 0 Å². The minimum absolute atomic E-state index is 0.200. The molecule has 0 aliphatic heterocycles. The van der Waals surface area contributed by atoms with Gasteiger partial charge < -0.3 is 15.1 Å². The molecule has 2 aromatic rings. The third-order valence-corrected chi connectivity index (χ3v) is 4.29. The van der Waals surface area contributed by atoms with Gasteiger partial charge in [-0.15, -0.1) is 0 Å². The van der Waals surface area contributed by atoms with Crippen LogP contribution in [0.5, 0.6) is 0 Å². The van der Waals surface area contributed by atoms with Gasteiger partial charge in [0.25, 0.3) is 0 Å². The molecule has 0 saturated carbocycles. The molecule has 0 fully saturated rings. The minimum Gasteiger partial charge on any atom is -0.357 e. The monoisotopic (exact) mass is 333 g/mol. The molecule has 1 atom stereocenters. The first-order valence-electron chi connectivity index (χ1n) is 7.73. The highest BCUT2D eigenvalue weighted by atomic mass is 32.1. The Hall–Kier alpha value is -1.99. The van der Waals surface area contributed by atoms with Crippen molar-refractivity contribution in [2.24, 2.45) is 0 Å². The summed E-state index contributed by atoms with van der Waals surface area (Å²) in [6, 6.07) is 8.49. The van der Waals surface area contributed by atoms with E-state index in [1.54, 1.807) is 11.0 Å². The largest absolute Gasteiger partial charge is 0.357 e. The molecular formula is C16H25N6S+. The standard InChI is InChI=1S/C16H24N6S/c1-13(21(4)16(23)18-9-10-20(2)3)14-5-7-15(8-6-14)22-12-17-11-19-22/h5-8,11-13H,9-10H2,1-4H3,(H,18,23)/p+1/t13-/m0/s1. The van der Waals surface area contributed by atoms with E-state index in [1.165, 1.54) is 16.8 Å². The first-order chi connectivity index (χ1) is 11.0. The number of thiocarbonyl (C=S) groups is 1. The molecular weight excluding hydrogens is 308 g/mol. The van der Waals surface area contributed by atoms with E-state index in [-0.39, 0.29) is 6.04 Å². The van der Waals surface area contributed by atoms with Crippen molar-refractivity contribution < 1.29 is 4.90 Å². The van der Waals surface area contributed by atoms with E-state index >= 15 is 0 Å². The Kier molecular flexibility index (Phi) is 6.06. The second-order valence-corrected chi connectivity index (χ2v) is 6.29. The maximum absolute atomic E-state index is 5.48. The Morgan fingerprint density at radius 2 is 2.04 bits per heavy atom. The first kappa shape index (κ1) is 17.4. The molecule has 0 aliphatic rings. The molecule has 1 aromatic carbocycles. The number of rotatable bonds is 6. The minimum atomic E-state index is 0.200. The molecule has 23 heavy (non-hydrogen) atoms. The lowest BCUT2D eigenvalue weighted by molar-refractivity contribution is -0.856. The smallest absolute Gasteiger partial charge is 0.169 e. The lowest BCUT2D eigenvalue weighted by Crippen LogP contribution is -3.06. The van der Waals surface area contributed by atoms with Gasteiger partial charge in [-0.3, -0.25) is 0 Å². The molecule has 0 saturated heterocycles. The average Bonchev–Trinajstić information content (AvgIpc) is 3.07. The zero-order chi connectivity index (χ0) is 16.8. The van der Waals surface area contributed by atoms with Gasteiger partial charge in [0.1, 0.15) is 12.7 Å². The van der Waals surface area contributed by atoms with Crippen LogP contribution in [0.15, 0.2) is 36.9 Å². The van der Waals surface area contributed by atoms with E-state index in [2.05, 4.69) is 53.5 Å². The van der Waals surface area contributed by atoms with Crippen LogP contribution in [-0.4, -0.2) is 59.0 Å². The molecule has 2 N–H and O–H groups in total. The SMILES string of the molecule is C[C@@H](c1ccc(-n2cncn2)cc1)N(C)C(=S)NCC[NH+](C)C. The van der Waals surface area contributed by atoms with Crippen LogP contribution in [0, 0.1) is 0 Å². The van der Waals surface area contributed by atoms with Crippen molar-refractivity contribution in [1.29, 1.82) is 0 Å². The van der Waals surface area contributed by atoms with Crippen molar-refractivity contribution >= 4 is 17.3 Å². The van der Waals surface area contributed by atoms with Crippen LogP contribution in [0.4, 0.5) is 0 Å². The number of benzene rings is 1. The third-order valence-electron chi connectivity index (χ3n) is 3.86. The number of hydrogen-bond donors (Lipinski definition) is 2. The van der Waals surface area contributed by atoms with Gasteiger partial charge in [-0.1, -0.05) is 12.1 Å². The summed E-state index contributed by atoms with van der Waals surface area (Å²) in [4.78, 5) is 7.46. The van der Waals surface area contributed by atoms with E-state index in [0.717, 1.165) is 23.9 Å². The molecule has 7 heteroatoms. The highest BCUT2D eigenvalue weighted by molar-refractivity contribution is 7.80. The number of nitrogens with zero attached hydrogens (tertiary/aromatic N) is 4. The second kappa shape index (κ2) is 8.03. The van der Waals surface area contributed by atoms with Crippen LogP contribution in [0.3, 0.4) is 0 Å². The summed E-state index contributed by atoms with van der Waals surface area (Å²) in [6.07, 6.45) is 3.22. The van der Waals surface area contributed by atoms with Crippen LogP contribution >= 0.6 is 12.2 Å². The summed E-state index contributed by atoms with van der Waals surface area (Å²) < 4.78 is 1.74. The normalized spacial score (nSPS) is 12.2. The van der Waals surface area contributed by atoms with E-state index in [1.807, 2.05) is 19.2 Å². The number of likely N-dealkylation sites (N-methyl/N-ethyl adjacent to an activating group) is 1. The summed E-state index contributed by atoms with van der Waals surface area (Å²) in [7, 11) is 6.29. The van der Waals surface area contributed by atoms with Crippen LogP contribution in [-0.2, 0) is 0 Å². The lowest BCUT2D eigenvalue weighted by atomic mass is 10.1. The van der Waals surface area contributed by atoms with Gasteiger partial charge in [0, 0.05) is 7.05 Å². The highest BCUT2D eigenvalue weighted by Crippen LogP contribution is 2.20. The van der Waals surface area contributed by atoms with Gasteiger partial charge >= 0.3 is 0 Å². The van der Waals surface area contributed by atoms with Gasteiger partial charge in [0.15, 0.2) is 5.11 Å². The van der Waals surface area contributed by atoms with Gasteiger partial charge in [0.2, 0.25) is 0 Å².